The van der Waals surface area contributed by atoms with Crippen LogP contribution in [-0.2, 0) is 7.05 Å². The molecule has 1 unspecified atom stereocenters. The highest BCUT2D eigenvalue weighted by molar-refractivity contribution is 14.0. The van der Waals surface area contributed by atoms with Crippen molar-refractivity contribution in [2.24, 2.45) is 18.0 Å². The first-order valence-electron chi connectivity index (χ1n) is 8.61. The SMILES string of the molecule is CN=C(NCC(c1cnn(C)c1)N(C)C)NC1CCC(C)CC1.I. The summed E-state index contributed by atoms with van der Waals surface area (Å²) in [6.07, 6.45) is 9.11. The van der Waals surface area contributed by atoms with Gasteiger partial charge in [0.15, 0.2) is 5.96 Å². The molecule has 1 aromatic rings. The van der Waals surface area contributed by atoms with E-state index >= 15 is 0 Å². The van der Waals surface area contributed by atoms with E-state index in [1.54, 1.807) is 0 Å². The Bertz CT molecular complexity index is 505. The minimum Gasteiger partial charge on any atom is -0.354 e. The average Bonchev–Trinajstić information content (AvgIpc) is 2.94. The van der Waals surface area contributed by atoms with Crippen LogP contribution in [0.2, 0.25) is 0 Å². The fourth-order valence-corrected chi connectivity index (χ4v) is 3.20. The van der Waals surface area contributed by atoms with Crippen LogP contribution in [0.4, 0.5) is 0 Å². The molecule has 0 saturated heterocycles. The second-order valence-corrected chi connectivity index (χ2v) is 6.98. The number of aliphatic imine (C=N–C) groups is 1. The van der Waals surface area contributed by atoms with Crippen LogP contribution < -0.4 is 10.6 Å². The fraction of sp³-hybridized carbons (Fsp3) is 0.765. The van der Waals surface area contributed by atoms with Gasteiger partial charge in [-0.25, -0.2) is 0 Å². The van der Waals surface area contributed by atoms with Crippen LogP contribution in [0, 0.1) is 5.92 Å². The third kappa shape index (κ3) is 6.23. The van der Waals surface area contributed by atoms with Gasteiger partial charge in [0, 0.05) is 38.4 Å². The van der Waals surface area contributed by atoms with Gasteiger partial charge in [0.2, 0.25) is 0 Å². The van der Waals surface area contributed by atoms with E-state index in [0.29, 0.717) is 6.04 Å². The number of aryl methyl sites for hydroxylation is 1. The molecule has 2 rings (SSSR count). The van der Waals surface area contributed by atoms with Crippen LogP contribution in [0.25, 0.3) is 0 Å². The van der Waals surface area contributed by atoms with E-state index in [1.807, 2.05) is 25.0 Å². The molecule has 2 N–H and O–H groups in total. The van der Waals surface area contributed by atoms with Gasteiger partial charge in [0.25, 0.3) is 0 Å². The van der Waals surface area contributed by atoms with Crippen LogP contribution >= 0.6 is 24.0 Å². The standard InChI is InChI=1S/C17H32N6.HI/c1-13-6-8-15(9-7-13)21-17(18-2)19-11-16(22(3)4)14-10-20-23(5)12-14;/h10,12-13,15-16H,6-9,11H2,1-5H3,(H2,18,19,21);1H. The molecule has 1 atom stereocenters. The van der Waals surface area contributed by atoms with Gasteiger partial charge >= 0.3 is 0 Å². The zero-order chi connectivity index (χ0) is 16.8. The lowest BCUT2D eigenvalue weighted by Crippen LogP contribution is -2.46. The molecule has 1 aliphatic carbocycles. The van der Waals surface area contributed by atoms with E-state index in [0.717, 1.165) is 18.4 Å². The highest BCUT2D eigenvalue weighted by Crippen LogP contribution is 2.23. The Morgan fingerprint density at radius 1 is 1.38 bits per heavy atom. The molecule has 1 aromatic heterocycles. The Hall–Kier alpha value is -0.830. The number of guanidine groups is 1. The first kappa shape index (κ1) is 21.2. The van der Waals surface area contributed by atoms with Crippen molar-refractivity contribution in [3.63, 3.8) is 0 Å². The molecule has 1 fully saturated rings. The second-order valence-electron chi connectivity index (χ2n) is 6.98. The van der Waals surface area contributed by atoms with Crippen molar-refractivity contribution in [3.8, 4) is 0 Å². The first-order chi connectivity index (χ1) is 11.0. The molecule has 0 bridgehead atoms. The number of rotatable bonds is 5. The fourth-order valence-electron chi connectivity index (χ4n) is 3.20. The quantitative estimate of drug-likeness (QED) is 0.413. The number of halogens is 1. The van der Waals surface area contributed by atoms with E-state index in [-0.39, 0.29) is 30.0 Å². The number of nitrogens with zero attached hydrogens (tertiary/aromatic N) is 4. The van der Waals surface area contributed by atoms with Crippen molar-refractivity contribution < 1.29 is 0 Å². The first-order valence-corrected chi connectivity index (χ1v) is 8.61. The normalized spacial score (nSPS) is 22.8. The molecule has 7 heteroatoms. The zero-order valence-electron chi connectivity index (χ0n) is 15.6. The molecule has 1 saturated carbocycles. The number of hydrogen-bond donors (Lipinski definition) is 2. The zero-order valence-corrected chi connectivity index (χ0v) is 17.9. The van der Waals surface area contributed by atoms with Crippen LogP contribution in [0.1, 0.15) is 44.2 Å². The molecule has 0 aliphatic heterocycles. The minimum atomic E-state index is 0. The lowest BCUT2D eigenvalue weighted by atomic mass is 9.87. The summed E-state index contributed by atoms with van der Waals surface area (Å²) in [4.78, 5) is 6.59. The van der Waals surface area contributed by atoms with Crippen molar-refractivity contribution >= 4 is 29.9 Å². The molecule has 24 heavy (non-hydrogen) atoms. The maximum absolute atomic E-state index is 4.39. The predicted molar refractivity (Wildman–Crippen MR) is 111 cm³/mol. The Labute approximate surface area is 163 Å². The summed E-state index contributed by atoms with van der Waals surface area (Å²) in [7, 11) is 7.99. The summed E-state index contributed by atoms with van der Waals surface area (Å²) >= 11 is 0. The van der Waals surface area contributed by atoms with Crippen molar-refractivity contribution in [1.29, 1.82) is 0 Å². The summed E-state index contributed by atoms with van der Waals surface area (Å²) < 4.78 is 1.85. The molecule has 0 aromatic carbocycles. The van der Waals surface area contributed by atoms with Gasteiger partial charge in [-0.15, -0.1) is 24.0 Å². The topological polar surface area (TPSA) is 57.5 Å². The smallest absolute Gasteiger partial charge is 0.191 e. The number of hydrogen-bond acceptors (Lipinski definition) is 3. The Morgan fingerprint density at radius 3 is 2.54 bits per heavy atom. The molecule has 0 amide bonds. The van der Waals surface area contributed by atoms with Gasteiger partial charge in [0.05, 0.1) is 12.2 Å². The monoisotopic (exact) mass is 448 g/mol. The van der Waals surface area contributed by atoms with Gasteiger partial charge < -0.3 is 15.5 Å². The van der Waals surface area contributed by atoms with Gasteiger partial charge in [-0.3, -0.25) is 9.67 Å². The Kier molecular flexibility index (Phi) is 9.04. The highest BCUT2D eigenvalue weighted by Gasteiger charge is 2.20. The molecular formula is C17H33IN6. The molecule has 0 spiro atoms. The summed E-state index contributed by atoms with van der Waals surface area (Å²) in [5.41, 5.74) is 1.21. The lowest BCUT2D eigenvalue weighted by Gasteiger charge is -2.29. The highest BCUT2D eigenvalue weighted by atomic mass is 127. The second kappa shape index (κ2) is 10.2. The van der Waals surface area contributed by atoms with E-state index in [9.17, 15) is 0 Å². The number of nitrogens with one attached hydrogen (secondary N) is 2. The Morgan fingerprint density at radius 2 is 2.04 bits per heavy atom. The number of likely N-dealkylation sites (N-methyl/N-ethyl adjacent to an activating group) is 1. The summed E-state index contributed by atoms with van der Waals surface area (Å²) in [6.45, 7) is 3.15. The van der Waals surface area contributed by atoms with Crippen molar-refractivity contribution in [2.45, 2.75) is 44.7 Å². The largest absolute Gasteiger partial charge is 0.354 e. The minimum absolute atomic E-state index is 0. The van der Waals surface area contributed by atoms with E-state index in [2.05, 4.69) is 52.8 Å². The Balaban J connectivity index is 0.00000288. The van der Waals surface area contributed by atoms with E-state index in [1.165, 1.54) is 31.2 Å². The van der Waals surface area contributed by atoms with Gasteiger partial charge in [-0.1, -0.05) is 6.92 Å². The average molecular weight is 448 g/mol. The third-order valence-corrected chi connectivity index (χ3v) is 4.78. The molecule has 1 heterocycles. The molecule has 0 radical (unpaired) electrons. The maximum atomic E-state index is 4.39. The van der Waals surface area contributed by atoms with E-state index < -0.39 is 0 Å². The summed E-state index contributed by atoms with van der Waals surface area (Å²) in [5, 5.41) is 11.3. The molecule has 6 nitrogen and oxygen atoms in total. The van der Waals surface area contributed by atoms with Crippen molar-refractivity contribution in [2.75, 3.05) is 27.7 Å². The van der Waals surface area contributed by atoms with Crippen LogP contribution in [-0.4, -0.2) is 54.4 Å². The van der Waals surface area contributed by atoms with Gasteiger partial charge in [-0.2, -0.15) is 5.10 Å². The van der Waals surface area contributed by atoms with Crippen LogP contribution in [0.3, 0.4) is 0 Å². The van der Waals surface area contributed by atoms with Crippen LogP contribution in [0.5, 0.6) is 0 Å². The molecule has 1 aliphatic rings. The lowest BCUT2D eigenvalue weighted by molar-refractivity contribution is 0.296. The van der Waals surface area contributed by atoms with E-state index in [4.69, 9.17) is 0 Å². The van der Waals surface area contributed by atoms with Gasteiger partial charge in [-0.05, 0) is 45.7 Å². The maximum Gasteiger partial charge on any atom is 0.191 e. The van der Waals surface area contributed by atoms with Gasteiger partial charge in [0.1, 0.15) is 0 Å². The summed E-state index contributed by atoms with van der Waals surface area (Å²) in [5.74, 6) is 1.77. The number of aromatic nitrogens is 2. The third-order valence-electron chi connectivity index (χ3n) is 4.78. The van der Waals surface area contributed by atoms with Crippen molar-refractivity contribution in [1.82, 2.24) is 25.3 Å². The van der Waals surface area contributed by atoms with Crippen molar-refractivity contribution in [3.05, 3.63) is 18.0 Å². The molecular weight excluding hydrogens is 415 g/mol. The molecule has 138 valence electrons. The van der Waals surface area contributed by atoms with Crippen LogP contribution in [0.15, 0.2) is 17.4 Å². The summed E-state index contributed by atoms with van der Waals surface area (Å²) in [6, 6.07) is 0.822. The predicted octanol–water partition coefficient (Wildman–Crippen LogP) is 2.38.